The Morgan fingerprint density at radius 3 is 2.27 bits per heavy atom. The topological polar surface area (TPSA) is 75.6 Å². The Kier molecular flexibility index (Phi) is 9.04. The van der Waals surface area contributed by atoms with Gasteiger partial charge in [0.05, 0.1) is 18.4 Å². The summed E-state index contributed by atoms with van der Waals surface area (Å²) in [7, 11) is 0. The third-order valence-corrected chi connectivity index (χ3v) is 9.12. The molecule has 1 aromatic heterocycles. The largest absolute Gasteiger partial charge is 0.481 e. The van der Waals surface area contributed by atoms with Gasteiger partial charge >= 0.3 is 12.1 Å². The maximum Gasteiger partial charge on any atom is 0.408 e. The van der Waals surface area contributed by atoms with Crippen LogP contribution in [0.3, 0.4) is 0 Å². The molecule has 1 atom stereocenters. The highest BCUT2D eigenvalue weighted by Gasteiger charge is 2.17. The summed E-state index contributed by atoms with van der Waals surface area (Å²) >= 11 is 3.22. The second kappa shape index (κ2) is 13.0. The van der Waals surface area contributed by atoms with Crippen LogP contribution in [0.15, 0.2) is 91.0 Å². The number of alkyl carbamates (subject to hydrolysis) is 1. The average Bonchev–Trinajstić information content (AvgIpc) is 3.35. The van der Waals surface area contributed by atoms with Crippen molar-refractivity contribution in [3.8, 4) is 22.3 Å². The lowest BCUT2D eigenvalue weighted by atomic mass is 9.98. The average molecular weight is 570 g/mol. The summed E-state index contributed by atoms with van der Waals surface area (Å²) < 4.78 is 7.74. The molecule has 0 saturated heterocycles. The lowest BCUT2D eigenvalue weighted by Gasteiger charge is -2.16. The van der Waals surface area contributed by atoms with Gasteiger partial charge in [-0.25, -0.2) is 4.79 Å². The van der Waals surface area contributed by atoms with Gasteiger partial charge in [0.25, 0.3) is 0 Å². The molecule has 0 radical (unpaired) electrons. The zero-order valence-corrected chi connectivity index (χ0v) is 23.9. The summed E-state index contributed by atoms with van der Waals surface area (Å²) in [5.74, 6) is -0.389. The minimum Gasteiger partial charge on any atom is -0.481 e. The Morgan fingerprint density at radius 1 is 0.875 bits per heavy atom. The van der Waals surface area contributed by atoms with Crippen molar-refractivity contribution >= 4 is 55.3 Å². The van der Waals surface area contributed by atoms with E-state index in [1.54, 1.807) is 0 Å². The summed E-state index contributed by atoms with van der Waals surface area (Å²) in [5.41, 5.74) is 5.74. The number of benzene rings is 4. The third-order valence-electron chi connectivity index (χ3n) is 6.71. The minimum absolute atomic E-state index is 0.173. The van der Waals surface area contributed by atoms with E-state index in [9.17, 15) is 14.7 Å². The lowest BCUT2D eigenvalue weighted by molar-refractivity contribution is -0.137. The molecule has 1 amide bonds. The molecule has 0 bridgehead atoms. The molecule has 5 rings (SSSR count). The van der Waals surface area contributed by atoms with Gasteiger partial charge in [0.1, 0.15) is 0 Å². The number of aliphatic carboxylic acids is 1. The Hall–Kier alpha value is -3.81. The molecule has 2 N–H and O–H groups in total. The molecule has 5 nitrogen and oxygen atoms in total. The van der Waals surface area contributed by atoms with E-state index >= 15 is 0 Å². The van der Waals surface area contributed by atoms with Gasteiger partial charge in [-0.05, 0) is 40.3 Å². The van der Waals surface area contributed by atoms with Gasteiger partial charge in [0.15, 0.2) is 0 Å². The monoisotopic (exact) mass is 569 g/mol. The van der Waals surface area contributed by atoms with Gasteiger partial charge in [-0.3, -0.25) is 4.79 Å². The number of rotatable bonds is 11. The number of thioether (sulfide) groups is 1. The van der Waals surface area contributed by atoms with Crippen LogP contribution in [0, 0.1) is 0 Å². The van der Waals surface area contributed by atoms with Crippen LogP contribution in [0.5, 0.6) is 0 Å². The van der Waals surface area contributed by atoms with E-state index in [1.165, 1.54) is 43.1 Å². The van der Waals surface area contributed by atoms with Crippen molar-refractivity contribution in [2.45, 2.75) is 37.3 Å². The lowest BCUT2D eigenvalue weighted by Crippen LogP contribution is -2.35. The van der Waals surface area contributed by atoms with Crippen LogP contribution in [0.25, 0.3) is 42.4 Å². The molecule has 4 aromatic carbocycles. The van der Waals surface area contributed by atoms with Crippen molar-refractivity contribution in [1.29, 1.82) is 0 Å². The summed E-state index contributed by atoms with van der Waals surface area (Å²) in [6, 6.07) is 32.0. The number of nitrogens with one attached hydrogen (secondary N) is 1. The number of carbonyl (C=O) groups is 2. The van der Waals surface area contributed by atoms with Crippen LogP contribution in [-0.2, 0) is 15.3 Å². The molecule has 204 valence electrons. The van der Waals surface area contributed by atoms with Crippen molar-refractivity contribution < 1.29 is 19.4 Å². The zero-order chi connectivity index (χ0) is 27.9. The molecule has 40 heavy (non-hydrogen) atoms. The maximum absolute atomic E-state index is 12.0. The first-order valence-electron chi connectivity index (χ1n) is 13.4. The molecule has 0 fully saturated rings. The minimum atomic E-state index is -0.964. The standard InChI is InChI=1S/C33H31NO4S2/c1-2-3-19-38-33(37)34-30(20-31(35)36)39-21-22-11-13-23(14-12-22)24-15-17-25(18-16-24)26-8-6-9-28-27-7-4-5-10-29(27)40-32(26)28/h4-18,30H,2-3,19-21H2,1H3,(H,34,37)(H,35,36). The van der Waals surface area contributed by atoms with E-state index in [-0.39, 0.29) is 6.42 Å². The van der Waals surface area contributed by atoms with Gasteiger partial charge in [0, 0.05) is 25.9 Å². The molecule has 1 heterocycles. The number of carbonyl (C=O) groups excluding carboxylic acids is 1. The van der Waals surface area contributed by atoms with E-state index in [0.717, 1.165) is 29.5 Å². The quantitative estimate of drug-likeness (QED) is 0.123. The molecule has 0 aliphatic heterocycles. The van der Waals surface area contributed by atoms with Gasteiger partial charge in [-0.1, -0.05) is 98.3 Å². The van der Waals surface area contributed by atoms with E-state index in [1.807, 2.05) is 30.4 Å². The van der Waals surface area contributed by atoms with Crippen molar-refractivity contribution in [2.24, 2.45) is 0 Å². The molecule has 7 heteroatoms. The number of thiophene rings is 1. The summed E-state index contributed by atoms with van der Waals surface area (Å²) in [6.45, 7) is 2.34. The fourth-order valence-electron chi connectivity index (χ4n) is 4.60. The first-order chi connectivity index (χ1) is 19.5. The molecule has 1 unspecified atom stereocenters. The number of fused-ring (bicyclic) bond motifs is 3. The van der Waals surface area contributed by atoms with Crippen molar-refractivity contribution in [3.05, 3.63) is 96.6 Å². The van der Waals surface area contributed by atoms with Gasteiger partial charge < -0.3 is 15.2 Å². The first kappa shape index (κ1) is 27.7. The molecule has 0 aliphatic rings. The SMILES string of the molecule is CCCCOC(=O)NC(CC(=O)O)SCc1ccc(-c2ccc(-c3cccc4c3sc3ccccc34)cc2)cc1. The molecule has 5 aromatic rings. The number of amides is 1. The number of unbranched alkanes of at least 4 members (excludes halogenated alkanes) is 1. The second-order valence-corrected chi connectivity index (χ2v) is 11.8. The second-order valence-electron chi connectivity index (χ2n) is 9.59. The number of hydrogen-bond acceptors (Lipinski definition) is 5. The number of ether oxygens (including phenoxy) is 1. The highest BCUT2D eigenvalue weighted by molar-refractivity contribution is 7.99. The summed E-state index contributed by atoms with van der Waals surface area (Å²) in [6.07, 6.45) is 0.952. The molecular weight excluding hydrogens is 539 g/mol. The number of hydrogen-bond donors (Lipinski definition) is 2. The maximum atomic E-state index is 12.0. The van der Waals surface area contributed by atoms with Gasteiger partial charge in [-0.2, -0.15) is 0 Å². The predicted octanol–water partition coefficient (Wildman–Crippen LogP) is 8.95. The first-order valence-corrected chi connectivity index (χ1v) is 15.2. The normalized spacial score (nSPS) is 11.9. The Labute approximate surface area is 242 Å². The summed E-state index contributed by atoms with van der Waals surface area (Å²) in [4.78, 5) is 23.3. The van der Waals surface area contributed by atoms with Crippen LogP contribution < -0.4 is 5.32 Å². The van der Waals surface area contributed by atoms with Gasteiger partial charge in [-0.15, -0.1) is 23.1 Å². The van der Waals surface area contributed by atoms with Gasteiger partial charge in [0.2, 0.25) is 0 Å². The van der Waals surface area contributed by atoms with Crippen molar-refractivity contribution in [2.75, 3.05) is 6.61 Å². The van der Waals surface area contributed by atoms with Crippen molar-refractivity contribution in [1.82, 2.24) is 5.32 Å². The van der Waals surface area contributed by atoms with E-state index < -0.39 is 17.4 Å². The summed E-state index contributed by atoms with van der Waals surface area (Å²) in [5, 5.41) is 13.9. The Morgan fingerprint density at radius 2 is 1.55 bits per heavy atom. The highest BCUT2D eigenvalue weighted by Crippen LogP contribution is 2.40. The van der Waals surface area contributed by atoms with E-state index in [2.05, 4.69) is 84.2 Å². The van der Waals surface area contributed by atoms with Crippen LogP contribution in [0.2, 0.25) is 0 Å². The molecule has 0 aliphatic carbocycles. The van der Waals surface area contributed by atoms with Crippen LogP contribution in [0.4, 0.5) is 4.79 Å². The molecule has 0 saturated carbocycles. The Bertz CT molecular complexity index is 1610. The predicted molar refractivity (Wildman–Crippen MR) is 167 cm³/mol. The Balaban J connectivity index is 1.25. The smallest absolute Gasteiger partial charge is 0.408 e. The van der Waals surface area contributed by atoms with Crippen LogP contribution in [0.1, 0.15) is 31.7 Å². The van der Waals surface area contributed by atoms with Crippen LogP contribution >= 0.6 is 23.1 Å². The highest BCUT2D eigenvalue weighted by atomic mass is 32.2. The number of carboxylic acid groups (broad SMARTS) is 1. The fourth-order valence-corrected chi connectivity index (χ4v) is 6.86. The van der Waals surface area contributed by atoms with E-state index in [4.69, 9.17) is 4.74 Å². The fraction of sp³-hybridized carbons (Fsp3) is 0.212. The zero-order valence-electron chi connectivity index (χ0n) is 22.3. The van der Waals surface area contributed by atoms with Crippen molar-refractivity contribution in [3.63, 3.8) is 0 Å². The third kappa shape index (κ3) is 6.66. The van der Waals surface area contributed by atoms with Crippen LogP contribution in [-0.4, -0.2) is 29.1 Å². The molecular formula is C33H31NO4S2. The molecule has 0 spiro atoms. The van der Waals surface area contributed by atoms with E-state index in [0.29, 0.717) is 12.4 Å². The number of carboxylic acids is 1.